The average Bonchev–Trinajstić information content (AvgIpc) is 2.71. The summed E-state index contributed by atoms with van der Waals surface area (Å²) < 4.78 is 6.03. The first-order valence-corrected chi connectivity index (χ1v) is 6.16. The topological polar surface area (TPSA) is 100 Å². The molecule has 7 nitrogen and oxygen atoms in total. The second-order valence-electron chi connectivity index (χ2n) is 4.35. The molecule has 0 amide bonds. The lowest BCUT2D eigenvalue weighted by molar-refractivity contribution is -0.142. The molecule has 0 atom stereocenters. The molecular formula is C13H14N4O3. The van der Waals surface area contributed by atoms with Crippen LogP contribution in [0, 0.1) is 25.2 Å². The number of rotatable bonds is 3. The van der Waals surface area contributed by atoms with E-state index in [9.17, 15) is 9.59 Å². The molecule has 104 valence electrons. The highest BCUT2D eigenvalue weighted by Gasteiger charge is 2.18. The first-order chi connectivity index (χ1) is 9.49. The molecule has 20 heavy (non-hydrogen) atoms. The number of nitrogens with one attached hydrogen (secondary N) is 1. The van der Waals surface area contributed by atoms with Gasteiger partial charge in [0.05, 0.1) is 24.3 Å². The van der Waals surface area contributed by atoms with E-state index in [1.807, 2.05) is 6.07 Å². The van der Waals surface area contributed by atoms with E-state index in [2.05, 4.69) is 10.1 Å². The fourth-order valence-electron chi connectivity index (χ4n) is 2.02. The summed E-state index contributed by atoms with van der Waals surface area (Å²) >= 11 is 0. The fraction of sp³-hybridized carbons (Fsp3) is 0.385. The van der Waals surface area contributed by atoms with Crippen LogP contribution in [0.5, 0.6) is 0 Å². The Labute approximate surface area is 114 Å². The molecule has 0 aliphatic heterocycles. The van der Waals surface area contributed by atoms with Gasteiger partial charge in [-0.05, 0) is 20.8 Å². The molecule has 0 radical (unpaired) electrons. The number of fused-ring (bicyclic) bond motifs is 1. The third-order valence-electron chi connectivity index (χ3n) is 3.00. The third-order valence-corrected chi connectivity index (χ3v) is 3.00. The second-order valence-corrected chi connectivity index (χ2v) is 4.35. The Morgan fingerprint density at radius 3 is 2.80 bits per heavy atom. The standard InChI is InChI=1S/C13H14N4O3/c1-4-20-11(18)5-9-7(2)15-12-10(6-14)8(3)16-17(12)13(9)19/h16H,4-5H2,1-3H3. The van der Waals surface area contributed by atoms with Gasteiger partial charge in [-0.1, -0.05) is 0 Å². The summed E-state index contributed by atoms with van der Waals surface area (Å²) in [5.74, 6) is -0.474. The van der Waals surface area contributed by atoms with Crippen molar-refractivity contribution >= 4 is 11.6 Å². The van der Waals surface area contributed by atoms with Crippen LogP contribution in [0.15, 0.2) is 4.79 Å². The summed E-state index contributed by atoms with van der Waals surface area (Å²) in [6.45, 7) is 5.29. The van der Waals surface area contributed by atoms with Crippen molar-refractivity contribution in [3.63, 3.8) is 0 Å². The number of nitriles is 1. The van der Waals surface area contributed by atoms with Crippen molar-refractivity contribution < 1.29 is 9.53 Å². The minimum atomic E-state index is -0.474. The van der Waals surface area contributed by atoms with E-state index in [0.717, 1.165) is 0 Å². The van der Waals surface area contributed by atoms with Crippen LogP contribution in [0.1, 0.15) is 29.4 Å². The molecule has 0 bridgehead atoms. The van der Waals surface area contributed by atoms with Crippen LogP contribution in [-0.2, 0) is 16.0 Å². The fourth-order valence-corrected chi connectivity index (χ4v) is 2.02. The summed E-state index contributed by atoms with van der Waals surface area (Å²) in [6.07, 6.45) is -0.131. The maximum absolute atomic E-state index is 12.3. The van der Waals surface area contributed by atoms with E-state index < -0.39 is 5.97 Å². The van der Waals surface area contributed by atoms with Crippen molar-refractivity contribution in [2.24, 2.45) is 0 Å². The number of aryl methyl sites for hydroxylation is 2. The molecule has 2 aromatic heterocycles. The zero-order valence-electron chi connectivity index (χ0n) is 11.5. The Morgan fingerprint density at radius 1 is 1.50 bits per heavy atom. The van der Waals surface area contributed by atoms with Crippen LogP contribution in [0.25, 0.3) is 5.65 Å². The van der Waals surface area contributed by atoms with Gasteiger partial charge in [0.15, 0.2) is 5.65 Å². The van der Waals surface area contributed by atoms with Gasteiger partial charge in [0.1, 0.15) is 11.6 Å². The van der Waals surface area contributed by atoms with Gasteiger partial charge in [0.2, 0.25) is 0 Å². The highest BCUT2D eigenvalue weighted by Crippen LogP contribution is 2.12. The summed E-state index contributed by atoms with van der Waals surface area (Å²) in [4.78, 5) is 28.1. The number of hydrogen-bond donors (Lipinski definition) is 1. The van der Waals surface area contributed by atoms with Gasteiger partial charge < -0.3 is 4.74 Å². The predicted octanol–water partition coefficient (Wildman–Crippen LogP) is 0.617. The quantitative estimate of drug-likeness (QED) is 0.827. The Bertz CT molecular complexity index is 779. The zero-order chi connectivity index (χ0) is 14.9. The molecule has 0 aromatic carbocycles. The summed E-state index contributed by atoms with van der Waals surface area (Å²) in [7, 11) is 0. The average molecular weight is 274 g/mol. The van der Waals surface area contributed by atoms with Crippen molar-refractivity contribution in [1.82, 2.24) is 14.6 Å². The number of carbonyl (C=O) groups excluding carboxylic acids is 1. The van der Waals surface area contributed by atoms with Crippen LogP contribution in [0.4, 0.5) is 0 Å². The van der Waals surface area contributed by atoms with Crippen LogP contribution in [0.3, 0.4) is 0 Å². The van der Waals surface area contributed by atoms with Gasteiger partial charge >= 0.3 is 5.97 Å². The van der Waals surface area contributed by atoms with Gasteiger partial charge in [-0.2, -0.15) is 9.78 Å². The zero-order valence-corrected chi connectivity index (χ0v) is 11.5. The summed E-state index contributed by atoms with van der Waals surface area (Å²) in [5, 5.41) is 11.9. The van der Waals surface area contributed by atoms with Crippen molar-refractivity contribution in [2.45, 2.75) is 27.2 Å². The first kappa shape index (κ1) is 13.8. The smallest absolute Gasteiger partial charge is 0.310 e. The van der Waals surface area contributed by atoms with E-state index in [1.165, 1.54) is 4.52 Å². The van der Waals surface area contributed by atoms with Crippen molar-refractivity contribution in [3.05, 3.63) is 32.9 Å². The molecule has 7 heteroatoms. The molecule has 0 aliphatic rings. The number of H-pyrrole nitrogens is 1. The van der Waals surface area contributed by atoms with Gasteiger partial charge in [0.25, 0.3) is 5.56 Å². The molecule has 0 saturated heterocycles. The van der Waals surface area contributed by atoms with Gasteiger partial charge in [0, 0.05) is 5.69 Å². The molecule has 0 fully saturated rings. The summed E-state index contributed by atoms with van der Waals surface area (Å²) in [5.41, 5.74) is 1.48. The number of carbonyl (C=O) groups is 1. The molecule has 2 rings (SSSR count). The van der Waals surface area contributed by atoms with Crippen LogP contribution in [0.2, 0.25) is 0 Å². The highest BCUT2D eigenvalue weighted by molar-refractivity contribution is 5.73. The number of nitrogens with zero attached hydrogens (tertiary/aromatic N) is 3. The highest BCUT2D eigenvalue weighted by atomic mass is 16.5. The minimum absolute atomic E-state index is 0.131. The Kier molecular flexibility index (Phi) is 3.57. The van der Waals surface area contributed by atoms with Crippen LogP contribution in [-0.4, -0.2) is 27.2 Å². The lowest BCUT2D eigenvalue weighted by Gasteiger charge is -2.05. The lowest BCUT2D eigenvalue weighted by Crippen LogP contribution is -2.24. The third kappa shape index (κ3) is 2.16. The molecule has 0 spiro atoms. The maximum Gasteiger partial charge on any atom is 0.310 e. The molecule has 1 N–H and O–H groups in total. The predicted molar refractivity (Wildman–Crippen MR) is 70.3 cm³/mol. The van der Waals surface area contributed by atoms with E-state index in [1.54, 1.807) is 20.8 Å². The minimum Gasteiger partial charge on any atom is -0.466 e. The van der Waals surface area contributed by atoms with Gasteiger partial charge in [-0.25, -0.2) is 4.98 Å². The summed E-state index contributed by atoms with van der Waals surface area (Å²) in [6, 6.07) is 2.01. The monoisotopic (exact) mass is 274 g/mol. The van der Waals surface area contributed by atoms with E-state index in [4.69, 9.17) is 10.00 Å². The normalized spacial score (nSPS) is 10.5. The van der Waals surface area contributed by atoms with Crippen molar-refractivity contribution in [2.75, 3.05) is 6.61 Å². The number of ether oxygens (including phenoxy) is 1. The van der Waals surface area contributed by atoms with Crippen molar-refractivity contribution in [3.8, 4) is 6.07 Å². The lowest BCUT2D eigenvalue weighted by atomic mass is 10.1. The van der Waals surface area contributed by atoms with Crippen molar-refractivity contribution in [1.29, 1.82) is 5.26 Å². The van der Waals surface area contributed by atoms with Gasteiger partial charge in [-0.3, -0.25) is 14.7 Å². The molecule has 0 aliphatic carbocycles. The largest absolute Gasteiger partial charge is 0.466 e. The molecular weight excluding hydrogens is 260 g/mol. The SMILES string of the molecule is CCOC(=O)Cc1c(C)nc2c(C#N)c(C)[nH]n2c1=O. The number of aromatic nitrogens is 3. The molecule has 2 heterocycles. The second kappa shape index (κ2) is 5.17. The number of aromatic amines is 1. The first-order valence-electron chi connectivity index (χ1n) is 6.16. The van der Waals surface area contributed by atoms with Crippen LogP contribution >= 0.6 is 0 Å². The van der Waals surface area contributed by atoms with E-state index in [0.29, 0.717) is 17.0 Å². The van der Waals surface area contributed by atoms with E-state index >= 15 is 0 Å². The molecule has 2 aromatic rings. The Hall–Kier alpha value is -2.62. The molecule has 0 unspecified atom stereocenters. The Morgan fingerprint density at radius 2 is 2.20 bits per heavy atom. The Balaban J connectivity index is 2.62. The number of esters is 1. The number of hydrogen-bond acceptors (Lipinski definition) is 5. The van der Waals surface area contributed by atoms with Crippen LogP contribution < -0.4 is 5.56 Å². The van der Waals surface area contributed by atoms with E-state index in [-0.39, 0.29) is 29.8 Å². The maximum atomic E-state index is 12.3. The van der Waals surface area contributed by atoms with Gasteiger partial charge in [-0.15, -0.1) is 0 Å². The molecule has 0 saturated carbocycles.